The van der Waals surface area contributed by atoms with E-state index in [0.29, 0.717) is 23.2 Å². The van der Waals surface area contributed by atoms with Gasteiger partial charge < -0.3 is 15.4 Å². The fourth-order valence-corrected chi connectivity index (χ4v) is 3.03. The predicted molar refractivity (Wildman–Crippen MR) is 85.9 cm³/mol. The van der Waals surface area contributed by atoms with Crippen LogP contribution < -0.4 is 5.73 Å². The zero-order chi connectivity index (χ0) is 15.5. The Hall–Kier alpha value is -2.21. The molecule has 0 amide bonds. The molecule has 1 aliphatic rings. The van der Waals surface area contributed by atoms with Crippen LogP contribution in [0.1, 0.15) is 19.8 Å². The van der Waals surface area contributed by atoms with Gasteiger partial charge in [-0.15, -0.1) is 0 Å². The Morgan fingerprint density at radius 2 is 2.23 bits per heavy atom. The summed E-state index contributed by atoms with van der Waals surface area (Å²) in [5.74, 6) is 1.29. The summed E-state index contributed by atoms with van der Waals surface area (Å²) in [7, 11) is 0. The van der Waals surface area contributed by atoms with Gasteiger partial charge in [-0.2, -0.15) is 0 Å². The molecule has 116 valence electrons. The second-order valence-corrected chi connectivity index (χ2v) is 5.76. The Kier molecular flexibility index (Phi) is 4.20. The number of imidazole rings is 1. The molecule has 6 nitrogen and oxygen atoms in total. The van der Waals surface area contributed by atoms with Crippen molar-refractivity contribution in [3.8, 4) is 0 Å². The fraction of sp³-hybridized carbons (Fsp3) is 0.438. The first-order chi connectivity index (χ1) is 10.7. The smallest absolute Gasteiger partial charge is 0.165 e. The van der Waals surface area contributed by atoms with Crippen LogP contribution in [0.25, 0.3) is 11.2 Å². The van der Waals surface area contributed by atoms with Crippen LogP contribution in [-0.4, -0.2) is 31.2 Å². The van der Waals surface area contributed by atoms with Crippen LogP contribution in [0.4, 0.5) is 5.82 Å². The van der Waals surface area contributed by atoms with Gasteiger partial charge in [0.05, 0.1) is 6.33 Å². The second kappa shape index (κ2) is 6.27. The van der Waals surface area contributed by atoms with Crippen molar-refractivity contribution in [3.63, 3.8) is 0 Å². The summed E-state index contributed by atoms with van der Waals surface area (Å²) in [5, 5.41) is 9.13. The number of fused-ring (bicyclic) bond motifs is 1. The molecule has 0 spiro atoms. The predicted octanol–water partition coefficient (Wildman–Crippen LogP) is 1.93. The van der Waals surface area contributed by atoms with Gasteiger partial charge in [-0.3, -0.25) is 0 Å². The molecule has 0 radical (unpaired) electrons. The van der Waals surface area contributed by atoms with Crippen molar-refractivity contribution in [3.05, 3.63) is 36.5 Å². The van der Waals surface area contributed by atoms with Crippen LogP contribution in [0.3, 0.4) is 0 Å². The van der Waals surface area contributed by atoms with E-state index in [0.717, 1.165) is 25.0 Å². The molecule has 1 unspecified atom stereocenters. The van der Waals surface area contributed by atoms with Gasteiger partial charge in [0, 0.05) is 19.1 Å². The molecular weight excluding hydrogens is 278 g/mol. The Morgan fingerprint density at radius 1 is 1.36 bits per heavy atom. The molecule has 1 aliphatic carbocycles. The number of aliphatic hydroxyl groups excluding tert-OH is 1. The Labute approximate surface area is 129 Å². The number of nitrogen functional groups attached to an aromatic ring is 1. The van der Waals surface area contributed by atoms with Gasteiger partial charge in [-0.25, -0.2) is 15.0 Å². The Morgan fingerprint density at radius 3 is 3.05 bits per heavy atom. The van der Waals surface area contributed by atoms with E-state index in [9.17, 15) is 0 Å². The van der Waals surface area contributed by atoms with E-state index in [4.69, 9.17) is 10.8 Å². The molecule has 3 rings (SSSR count). The maximum absolute atomic E-state index is 9.13. The van der Waals surface area contributed by atoms with E-state index in [-0.39, 0.29) is 6.61 Å². The number of aromatic nitrogens is 4. The molecule has 2 aromatic rings. The number of anilines is 1. The van der Waals surface area contributed by atoms with Crippen molar-refractivity contribution in [2.75, 3.05) is 12.3 Å². The summed E-state index contributed by atoms with van der Waals surface area (Å²) in [4.78, 5) is 12.5. The van der Waals surface area contributed by atoms with Gasteiger partial charge in [0.2, 0.25) is 0 Å². The van der Waals surface area contributed by atoms with E-state index >= 15 is 0 Å². The highest BCUT2D eigenvalue weighted by Gasteiger charge is 2.21. The molecule has 0 bridgehead atoms. The summed E-state index contributed by atoms with van der Waals surface area (Å²) in [6.45, 7) is 3.23. The van der Waals surface area contributed by atoms with Crippen molar-refractivity contribution in [2.45, 2.75) is 26.3 Å². The Bertz CT molecular complexity index is 718. The van der Waals surface area contributed by atoms with E-state index in [1.165, 1.54) is 11.9 Å². The molecule has 0 aromatic carbocycles. The van der Waals surface area contributed by atoms with Gasteiger partial charge >= 0.3 is 0 Å². The minimum atomic E-state index is 0.237. The average Bonchev–Trinajstić information content (AvgIpc) is 3.12. The molecule has 0 fully saturated rings. The first kappa shape index (κ1) is 14.7. The number of nitrogens with zero attached hydrogens (tertiary/aromatic N) is 4. The number of aliphatic hydroxyl groups is 1. The van der Waals surface area contributed by atoms with Gasteiger partial charge in [-0.1, -0.05) is 30.7 Å². The molecule has 0 saturated carbocycles. The Balaban J connectivity index is 1.70. The van der Waals surface area contributed by atoms with Crippen molar-refractivity contribution in [1.29, 1.82) is 0 Å². The lowest BCUT2D eigenvalue weighted by Gasteiger charge is -2.21. The number of nitrogens with two attached hydrogens (primary N) is 1. The highest BCUT2D eigenvalue weighted by molar-refractivity contribution is 5.81. The summed E-state index contributed by atoms with van der Waals surface area (Å²) in [6.07, 6.45) is 11.5. The maximum atomic E-state index is 9.13. The molecular formula is C16H21N5O. The van der Waals surface area contributed by atoms with E-state index in [2.05, 4.69) is 40.1 Å². The molecule has 22 heavy (non-hydrogen) atoms. The van der Waals surface area contributed by atoms with Gasteiger partial charge in [0.15, 0.2) is 11.5 Å². The lowest BCUT2D eigenvalue weighted by molar-refractivity contribution is 0.250. The zero-order valence-corrected chi connectivity index (χ0v) is 12.7. The van der Waals surface area contributed by atoms with Gasteiger partial charge in [-0.05, 0) is 18.8 Å². The number of rotatable bonds is 6. The van der Waals surface area contributed by atoms with Crippen molar-refractivity contribution < 1.29 is 5.11 Å². The fourth-order valence-electron chi connectivity index (χ4n) is 3.03. The first-order valence-electron chi connectivity index (χ1n) is 7.60. The SMILES string of the molecule is C[C@@H](CCO)C1C=CC=C1CCn1cnc2c(N)ncnc21. The largest absolute Gasteiger partial charge is 0.396 e. The second-order valence-electron chi connectivity index (χ2n) is 5.76. The van der Waals surface area contributed by atoms with Crippen LogP contribution >= 0.6 is 0 Å². The number of hydrogen-bond acceptors (Lipinski definition) is 5. The van der Waals surface area contributed by atoms with Crippen molar-refractivity contribution in [1.82, 2.24) is 19.5 Å². The highest BCUT2D eigenvalue weighted by atomic mass is 16.3. The molecule has 6 heteroatoms. The zero-order valence-electron chi connectivity index (χ0n) is 12.7. The van der Waals surface area contributed by atoms with Crippen LogP contribution in [0, 0.1) is 11.8 Å². The molecule has 0 aliphatic heterocycles. The lowest BCUT2D eigenvalue weighted by atomic mass is 9.86. The molecule has 3 N–H and O–H groups in total. The molecule has 2 atom stereocenters. The number of hydrogen-bond donors (Lipinski definition) is 2. The summed E-state index contributed by atoms with van der Waals surface area (Å²) >= 11 is 0. The summed E-state index contributed by atoms with van der Waals surface area (Å²) in [6, 6.07) is 0. The van der Waals surface area contributed by atoms with Crippen molar-refractivity contribution >= 4 is 17.0 Å². The van der Waals surface area contributed by atoms with Crippen LogP contribution in [0.2, 0.25) is 0 Å². The first-order valence-corrected chi connectivity index (χ1v) is 7.60. The number of allylic oxidation sites excluding steroid dienone is 4. The van der Waals surface area contributed by atoms with Gasteiger partial charge in [0.1, 0.15) is 11.8 Å². The third-order valence-electron chi connectivity index (χ3n) is 4.33. The summed E-state index contributed by atoms with van der Waals surface area (Å²) in [5.41, 5.74) is 8.64. The van der Waals surface area contributed by atoms with E-state index < -0.39 is 0 Å². The maximum Gasteiger partial charge on any atom is 0.165 e. The lowest BCUT2D eigenvalue weighted by Crippen LogP contribution is -2.13. The van der Waals surface area contributed by atoms with Crippen molar-refractivity contribution in [2.24, 2.45) is 11.8 Å². The third-order valence-corrected chi connectivity index (χ3v) is 4.33. The minimum Gasteiger partial charge on any atom is -0.396 e. The topological polar surface area (TPSA) is 89.8 Å². The standard InChI is InChI=1S/C16H21N5O/c1-11(6-8-22)13-4-2-3-12(13)5-7-21-10-20-14-15(17)18-9-19-16(14)21/h2-4,9-11,13,22H,5-8H2,1H3,(H2,17,18,19)/t11-,13?/m0/s1. The molecule has 0 saturated heterocycles. The van der Waals surface area contributed by atoms with Crippen LogP contribution in [0.5, 0.6) is 0 Å². The normalized spacial score (nSPS) is 18.8. The third kappa shape index (κ3) is 2.74. The minimum absolute atomic E-state index is 0.237. The molecule has 2 heterocycles. The van der Waals surface area contributed by atoms with Gasteiger partial charge in [0.25, 0.3) is 0 Å². The quantitative estimate of drug-likeness (QED) is 0.850. The summed E-state index contributed by atoms with van der Waals surface area (Å²) < 4.78 is 2.01. The highest BCUT2D eigenvalue weighted by Crippen LogP contribution is 2.31. The van der Waals surface area contributed by atoms with Crippen LogP contribution in [0.15, 0.2) is 36.5 Å². The average molecular weight is 299 g/mol. The van der Waals surface area contributed by atoms with E-state index in [1.807, 2.05) is 4.57 Å². The van der Waals surface area contributed by atoms with E-state index in [1.54, 1.807) is 6.33 Å². The van der Waals surface area contributed by atoms with Crippen LogP contribution in [-0.2, 0) is 6.54 Å². The number of aryl methyl sites for hydroxylation is 1. The monoisotopic (exact) mass is 299 g/mol. The molecule has 2 aromatic heterocycles.